The van der Waals surface area contributed by atoms with Crippen LogP contribution in [0.2, 0.25) is 0 Å². The summed E-state index contributed by atoms with van der Waals surface area (Å²) in [5.41, 5.74) is 0.202. The molecule has 2 heterocycles. The van der Waals surface area contributed by atoms with Gasteiger partial charge in [-0.15, -0.1) is 0 Å². The Morgan fingerprint density at radius 2 is 2.22 bits per heavy atom. The molecule has 1 aromatic rings. The van der Waals surface area contributed by atoms with Crippen LogP contribution in [-0.2, 0) is 4.79 Å². The van der Waals surface area contributed by atoms with E-state index in [9.17, 15) is 14.7 Å². The molecule has 1 saturated heterocycles. The minimum Gasteiger partial charge on any atom is -0.506 e. The van der Waals surface area contributed by atoms with E-state index in [0.717, 1.165) is 0 Å². The molecule has 1 aliphatic heterocycles. The number of carbonyl (C=O) groups excluding carboxylic acids is 1. The van der Waals surface area contributed by atoms with Gasteiger partial charge in [-0.1, -0.05) is 0 Å². The van der Waals surface area contributed by atoms with E-state index in [1.807, 2.05) is 0 Å². The average Bonchev–Trinajstić information content (AvgIpc) is 2.38. The normalized spacial score (nSPS) is 19.6. The average molecular weight is 268 g/mol. The quantitative estimate of drug-likeness (QED) is 0.808. The molecule has 1 aromatic heterocycles. The summed E-state index contributed by atoms with van der Waals surface area (Å²) in [4.78, 5) is 28.3. The van der Waals surface area contributed by atoms with Gasteiger partial charge in [-0.25, -0.2) is 4.79 Å². The summed E-state index contributed by atoms with van der Waals surface area (Å²) in [5.74, 6) is -0.441. The van der Waals surface area contributed by atoms with E-state index in [1.165, 1.54) is 35.1 Å². The van der Waals surface area contributed by atoms with Crippen LogP contribution in [0.4, 0.5) is 0 Å². The van der Waals surface area contributed by atoms with Crippen molar-refractivity contribution < 1.29 is 19.8 Å². The molecule has 2 N–H and O–H groups in total. The number of thioether (sulfide) groups is 1. The molecule has 0 spiro atoms. The zero-order chi connectivity index (χ0) is 13.1. The molecule has 0 saturated carbocycles. The Labute approximate surface area is 108 Å². The Bertz CT molecular complexity index is 480. The second-order valence-electron chi connectivity index (χ2n) is 3.86. The van der Waals surface area contributed by atoms with Gasteiger partial charge in [0, 0.05) is 24.2 Å². The largest absolute Gasteiger partial charge is 0.506 e. The number of rotatable bonds is 2. The Balaban J connectivity index is 2.23. The van der Waals surface area contributed by atoms with E-state index < -0.39 is 17.9 Å². The second-order valence-corrected chi connectivity index (χ2v) is 5.01. The van der Waals surface area contributed by atoms with Gasteiger partial charge in [0.25, 0.3) is 5.91 Å². The van der Waals surface area contributed by atoms with E-state index in [0.29, 0.717) is 18.1 Å². The Morgan fingerprint density at radius 1 is 1.44 bits per heavy atom. The van der Waals surface area contributed by atoms with Crippen LogP contribution in [0.3, 0.4) is 0 Å². The van der Waals surface area contributed by atoms with E-state index in [4.69, 9.17) is 5.11 Å². The lowest BCUT2D eigenvalue weighted by molar-refractivity contribution is -0.141. The summed E-state index contributed by atoms with van der Waals surface area (Å²) < 4.78 is 0. The molecule has 1 unspecified atom stereocenters. The van der Waals surface area contributed by atoms with Crippen molar-refractivity contribution in [2.45, 2.75) is 6.04 Å². The van der Waals surface area contributed by atoms with E-state index >= 15 is 0 Å². The van der Waals surface area contributed by atoms with Crippen molar-refractivity contribution in [2.24, 2.45) is 0 Å². The number of carboxylic acids is 1. The van der Waals surface area contributed by atoms with Crippen molar-refractivity contribution in [3.8, 4) is 5.75 Å². The molecule has 1 amide bonds. The van der Waals surface area contributed by atoms with E-state index in [1.54, 1.807) is 0 Å². The third kappa shape index (κ3) is 2.56. The third-order valence-electron chi connectivity index (χ3n) is 2.65. The van der Waals surface area contributed by atoms with Crippen molar-refractivity contribution >= 4 is 23.6 Å². The predicted molar refractivity (Wildman–Crippen MR) is 65.7 cm³/mol. The fourth-order valence-corrected chi connectivity index (χ4v) is 2.80. The van der Waals surface area contributed by atoms with Gasteiger partial charge in [0.05, 0.1) is 11.8 Å². The Kier molecular flexibility index (Phi) is 3.71. The van der Waals surface area contributed by atoms with Crippen molar-refractivity contribution in [3.05, 3.63) is 24.0 Å². The summed E-state index contributed by atoms with van der Waals surface area (Å²) in [6.07, 6.45) is 2.54. The molecule has 0 aromatic carbocycles. The van der Waals surface area contributed by atoms with E-state index in [2.05, 4.69) is 4.98 Å². The fourth-order valence-electron chi connectivity index (χ4n) is 1.76. The molecule has 0 bridgehead atoms. The van der Waals surface area contributed by atoms with Crippen LogP contribution in [0.15, 0.2) is 18.5 Å². The predicted octanol–water partition coefficient (Wildman–Crippen LogP) is 0.429. The van der Waals surface area contributed by atoms with Crippen LogP contribution in [-0.4, -0.2) is 56.1 Å². The summed E-state index contributed by atoms with van der Waals surface area (Å²) in [5, 5.41) is 18.4. The van der Waals surface area contributed by atoms with Crippen molar-refractivity contribution in [1.82, 2.24) is 9.88 Å². The molecule has 1 fully saturated rings. The van der Waals surface area contributed by atoms with E-state index in [-0.39, 0.29) is 11.3 Å². The molecule has 2 rings (SSSR count). The Hall–Kier alpha value is -1.76. The molecular weight excluding hydrogens is 256 g/mol. The fraction of sp³-hybridized carbons (Fsp3) is 0.364. The SMILES string of the molecule is O=C(O)C1CSCCN1C(=O)c1cncc(O)c1. The van der Waals surface area contributed by atoms with Crippen molar-refractivity contribution in [1.29, 1.82) is 0 Å². The molecule has 1 aliphatic rings. The van der Waals surface area contributed by atoms with Crippen LogP contribution in [0.25, 0.3) is 0 Å². The first-order chi connectivity index (χ1) is 8.59. The maximum atomic E-state index is 12.2. The summed E-state index contributed by atoms with van der Waals surface area (Å²) in [7, 11) is 0. The van der Waals surface area contributed by atoms with Gasteiger partial charge in [-0.05, 0) is 6.07 Å². The molecular formula is C11H12N2O4S. The number of carbonyl (C=O) groups is 2. The van der Waals surface area contributed by atoms with Gasteiger partial charge in [0.15, 0.2) is 0 Å². The highest BCUT2D eigenvalue weighted by atomic mass is 32.2. The first-order valence-corrected chi connectivity index (χ1v) is 6.50. The minimum absolute atomic E-state index is 0.112. The van der Waals surface area contributed by atoms with Gasteiger partial charge in [0.1, 0.15) is 11.8 Å². The smallest absolute Gasteiger partial charge is 0.327 e. The lowest BCUT2D eigenvalue weighted by Gasteiger charge is -2.32. The van der Waals surface area contributed by atoms with Crippen molar-refractivity contribution in [2.75, 3.05) is 18.1 Å². The van der Waals surface area contributed by atoms with Crippen molar-refractivity contribution in [3.63, 3.8) is 0 Å². The second kappa shape index (κ2) is 5.26. The van der Waals surface area contributed by atoms with Crippen LogP contribution < -0.4 is 0 Å². The number of aromatic nitrogens is 1. The number of aliphatic carboxylic acids is 1. The molecule has 7 heteroatoms. The molecule has 1 atom stereocenters. The standard InChI is InChI=1S/C11H12N2O4S/c14-8-3-7(4-12-5-8)10(15)13-1-2-18-6-9(13)11(16)17/h3-5,9,14H,1-2,6H2,(H,16,17). The number of nitrogens with zero attached hydrogens (tertiary/aromatic N) is 2. The minimum atomic E-state index is -1.01. The van der Waals surface area contributed by atoms with Crippen LogP contribution >= 0.6 is 11.8 Å². The monoisotopic (exact) mass is 268 g/mol. The third-order valence-corrected chi connectivity index (χ3v) is 3.67. The first kappa shape index (κ1) is 12.7. The number of pyridine rings is 1. The number of hydrogen-bond acceptors (Lipinski definition) is 5. The lowest BCUT2D eigenvalue weighted by atomic mass is 10.2. The van der Waals surface area contributed by atoms with Gasteiger partial charge in [-0.2, -0.15) is 11.8 Å². The van der Waals surface area contributed by atoms with Gasteiger partial charge in [0.2, 0.25) is 0 Å². The highest BCUT2D eigenvalue weighted by molar-refractivity contribution is 7.99. The number of aromatic hydroxyl groups is 1. The molecule has 96 valence electrons. The van der Waals surface area contributed by atoms with Gasteiger partial charge < -0.3 is 15.1 Å². The maximum absolute atomic E-state index is 12.2. The summed E-state index contributed by atoms with van der Waals surface area (Å²) in [6, 6.07) is 0.467. The zero-order valence-corrected chi connectivity index (χ0v) is 10.3. The number of hydrogen-bond donors (Lipinski definition) is 2. The summed E-state index contributed by atoms with van der Waals surface area (Å²) >= 11 is 1.51. The molecule has 18 heavy (non-hydrogen) atoms. The molecule has 6 nitrogen and oxygen atoms in total. The lowest BCUT2D eigenvalue weighted by Crippen LogP contribution is -2.50. The molecule has 0 radical (unpaired) electrons. The first-order valence-electron chi connectivity index (χ1n) is 5.35. The topological polar surface area (TPSA) is 90.7 Å². The summed E-state index contributed by atoms with van der Waals surface area (Å²) in [6.45, 7) is 0.385. The van der Waals surface area contributed by atoms with Crippen LogP contribution in [0.1, 0.15) is 10.4 Å². The Morgan fingerprint density at radius 3 is 2.89 bits per heavy atom. The maximum Gasteiger partial charge on any atom is 0.327 e. The molecule has 0 aliphatic carbocycles. The van der Waals surface area contributed by atoms with Gasteiger partial charge >= 0.3 is 5.97 Å². The highest BCUT2D eigenvalue weighted by Crippen LogP contribution is 2.20. The highest BCUT2D eigenvalue weighted by Gasteiger charge is 2.33. The number of carboxylic acid groups (broad SMARTS) is 1. The van der Waals surface area contributed by atoms with Crippen LogP contribution in [0, 0.1) is 0 Å². The zero-order valence-electron chi connectivity index (χ0n) is 9.44. The number of amides is 1. The van der Waals surface area contributed by atoms with Gasteiger partial charge in [-0.3, -0.25) is 9.78 Å². The van der Waals surface area contributed by atoms with Crippen LogP contribution in [0.5, 0.6) is 5.75 Å².